The van der Waals surface area contributed by atoms with Crippen molar-refractivity contribution in [3.63, 3.8) is 0 Å². The first-order valence-electron chi connectivity index (χ1n) is 2.85. The summed E-state index contributed by atoms with van der Waals surface area (Å²) in [5.74, 6) is 0. The van der Waals surface area contributed by atoms with Gasteiger partial charge in [0.15, 0.2) is 7.37 Å². The average molecular weight is 202 g/mol. The van der Waals surface area contributed by atoms with Crippen LogP contribution in [0.2, 0.25) is 0 Å². The zero-order valence-corrected chi connectivity index (χ0v) is 9.99. The maximum absolute atomic E-state index is 10.5. The number of hydrogen-bond acceptors (Lipinski definition) is 1. The Morgan fingerprint density at radius 1 is 1.56 bits per heavy atom. The van der Waals surface area contributed by atoms with E-state index in [-0.39, 0.29) is 19.5 Å². The van der Waals surface area contributed by atoms with E-state index < -0.39 is 7.37 Å². The molecule has 0 spiro atoms. The fourth-order valence-corrected chi connectivity index (χ4v) is 1.35. The van der Waals surface area contributed by atoms with Crippen LogP contribution >= 0.6 is 7.37 Å². The minimum absolute atomic E-state index is 0. The van der Waals surface area contributed by atoms with Crippen molar-refractivity contribution in [3.05, 3.63) is 0 Å². The summed E-state index contributed by atoms with van der Waals surface area (Å²) in [4.78, 5) is 8.70. The molecule has 4 heteroatoms. The average Bonchev–Trinajstić information content (AvgIpc) is 1.59. The number of rotatable bonds is 3. The Balaban J connectivity index is 0. The molecule has 52 valence electrons. The predicted molar refractivity (Wildman–Crippen MR) is 35.5 cm³/mol. The maximum Gasteiger partial charge on any atom is 0.197 e. The summed E-state index contributed by atoms with van der Waals surface area (Å²) in [5.41, 5.74) is 0. The second-order valence-electron chi connectivity index (χ2n) is 2.13. The van der Waals surface area contributed by atoms with E-state index in [2.05, 4.69) is 0 Å². The molecule has 1 atom stereocenters. The third-order valence-corrected chi connectivity index (χ3v) is 2.07. The summed E-state index contributed by atoms with van der Waals surface area (Å²) in [6.07, 6.45) is 2.34. The van der Waals surface area contributed by atoms with Gasteiger partial charge in [-0.1, -0.05) is 13.3 Å². The fraction of sp³-hybridized carbons (Fsp3) is 1.00. The molecule has 0 rings (SSSR count). The molecule has 9 heavy (non-hydrogen) atoms. The summed E-state index contributed by atoms with van der Waals surface area (Å²) >= 11 is 0. The van der Waals surface area contributed by atoms with E-state index in [1.165, 1.54) is 6.66 Å². The Morgan fingerprint density at radius 3 is 2.11 bits per heavy atom. The van der Waals surface area contributed by atoms with E-state index in [0.717, 1.165) is 12.8 Å². The molecule has 1 unspecified atom stereocenters. The molecule has 0 heterocycles. The van der Waals surface area contributed by atoms with Crippen LogP contribution in [-0.4, -0.2) is 17.7 Å². The number of unbranched alkanes of at least 4 members (excludes halogenated alkanes) is 1. The first-order valence-corrected chi connectivity index (χ1v) is 5.15. The van der Waals surface area contributed by atoms with E-state index in [1.807, 2.05) is 6.92 Å². The molecule has 0 radical (unpaired) electrons. The SMILES string of the molecule is CCCCP(C)(=O)O.[Zn]. The third-order valence-electron chi connectivity index (χ3n) is 0.927. The van der Waals surface area contributed by atoms with Gasteiger partial charge in [0.1, 0.15) is 0 Å². The second-order valence-corrected chi connectivity index (χ2v) is 4.68. The molecule has 0 aromatic heterocycles. The van der Waals surface area contributed by atoms with Gasteiger partial charge in [-0.05, 0) is 6.42 Å². The monoisotopic (exact) mass is 200 g/mol. The molecular weight excluding hydrogens is 188 g/mol. The van der Waals surface area contributed by atoms with Gasteiger partial charge in [-0.2, -0.15) is 0 Å². The van der Waals surface area contributed by atoms with E-state index in [0.29, 0.717) is 6.16 Å². The first kappa shape index (κ1) is 12.5. The molecule has 0 bridgehead atoms. The minimum atomic E-state index is -2.68. The normalized spacial score (nSPS) is 15.9. The van der Waals surface area contributed by atoms with Crippen LogP contribution in [0.5, 0.6) is 0 Å². The quantitative estimate of drug-likeness (QED) is 0.557. The fourth-order valence-electron chi connectivity index (χ4n) is 0.451. The molecule has 0 amide bonds. The Kier molecular flexibility index (Phi) is 7.75. The smallest absolute Gasteiger partial charge is 0.197 e. The van der Waals surface area contributed by atoms with Crippen LogP contribution < -0.4 is 0 Å². The van der Waals surface area contributed by atoms with Crippen LogP contribution in [0.15, 0.2) is 0 Å². The minimum Gasteiger partial charge on any atom is -0.344 e. The van der Waals surface area contributed by atoms with Crippen molar-refractivity contribution in [1.82, 2.24) is 0 Å². The van der Waals surface area contributed by atoms with Gasteiger partial charge in [0.05, 0.1) is 0 Å². The molecule has 0 saturated heterocycles. The van der Waals surface area contributed by atoms with Crippen LogP contribution in [-0.2, 0) is 24.0 Å². The van der Waals surface area contributed by atoms with Crippen LogP contribution in [0.1, 0.15) is 19.8 Å². The van der Waals surface area contributed by atoms with Gasteiger partial charge in [0, 0.05) is 32.3 Å². The van der Waals surface area contributed by atoms with Gasteiger partial charge < -0.3 is 4.89 Å². The second kappa shape index (κ2) is 5.59. The summed E-state index contributed by atoms with van der Waals surface area (Å²) in [6, 6.07) is 0. The molecule has 0 aliphatic heterocycles. The maximum atomic E-state index is 10.5. The van der Waals surface area contributed by atoms with Crippen molar-refractivity contribution >= 4 is 7.37 Å². The van der Waals surface area contributed by atoms with Crippen molar-refractivity contribution in [1.29, 1.82) is 0 Å². The zero-order valence-electron chi connectivity index (χ0n) is 6.13. The summed E-state index contributed by atoms with van der Waals surface area (Å²) in [7, 11) is -2.68. The molecule has 0 aliphatic rings. The first-order chi connectivity index (χ1) is 3.56. The molecule has 0 aromatic rings. The van der Waals surface area contributed by atoms with E-state index >= 15 is 0 Å². The van der Waals surface area contributed by atoms with E-state index in [4.69, 9.17) is 4.89 Å². The molecular formula is C5H13O2PZn. The van der Waals surface area contributed by atoms with Crippen LogP contribution in [0, 0.1) is 0 Å². The van der Waals surface area contributed by atoms with Crippen molar-refractivity contribution in [2.45, 2.75) is 19.8 Å². The molecule has 0 saturated carbocycles. The molecule has 2 nitrogen and oxygen atoms in total. The van der Waals surface area contributed by atoms with Gasteiger partial charge in [0.2, 0.25) is 0 Å². The van der Waals surface area contributed by atoms with Gasteiger partial charge in [-0.25, -0.2) is 0 Å². The summed E-state index contributed by atoms with van der Waals surface area (Å²) in [6.45, 7) is 3.42. The Hall–Kier alpha value is 0.813. The zero-order chi connectivity index (χ0) is 6.62. The van der Waals surface area contributed by atoms with Crippen molar-refractivity contribution in [2.24, 2.45) is 0 Å². The van der Waals surface area contributed by atoms with Gasteiger partial charge in [-0.15, -0.1) is 0 Å². The predicted octanol–water partition coefficient (Wildman–Crippen LogP) is 1.68. The van der Waals surface area contributed by atoms with E-state index in [1.54, 1.807) is 0 Å². The topological polar surface area (TPSA) is 37.3 Å². The Labute approximate surface area is 69.3 Å². The van der Waals surface area contributed by atoms with Crippen molar-refractivity contribution in [2.75, 3.05) is 12.8 Å². The number of hydrogen-bond donors (Lipinski definition) is 1. The molecule has 0 aromatic carbocycles. The van der Waals surface area contributed by atoms with E-state index in [9.17, 15) is 4.57 Å². The van der Waals surface area contributed by atoms with Crippen LogP contribution in [0.4, 0.5) is 0 Å². The molecule has 0 aliphatic carbocycles. The van der Waals surface area contributed by atoms with Crippen molar-refractivity contribution in [3.8, 4) is 0 Å². The summed E-state index contributed by atoms with van der Waals surface area (Å²) < 4.78 is 10.5. The summed E-state index contributed by atoms with van der Waals surface area (Å²) in [5, 5.41) is 0. The van der Waals surface area contributed by atoms with Crippen molar-refractivity contribution < 1.29 is 28.9 Å². The van der Waals surface area contributed by atoms with Gasteiger partial charge >= 0.3 is 0 Å². The molecule has 0 fully saturated rings. The standard InChI is InChI=1S/C5H13O2P.Zn/c1-3-4-5-8(2,6)7;/h3-5H2,1-2H3,(H,6,7);. The van der Waals surface area contributed by atoms with Crippen LogP contribution in [0.3, 0.4) is 0 Å². The van der Waals surface area contributed by atoms with Gasteiger partial charge in [0.25, 0.3) is 0 Å². The van der Waals surface area contributed by atoms with Gasteiger partial charge in [-0.3, -0.25) is 4.57 Å². The molecule has 1 N–H and O–H groups in total. The largest absolute Gasteiger partial charge is 0.344 e. The van der Waals surface area contributed by atoms with Crippen LogP contribution in [0.25, 0.3) is 0 Å². The third kappa shape index (κ3) is 12.1. The Bertz CT molecular complexity index is 99.1. The Morgan fingerprint density at radius 2 is 2.00 bits per heavy atom.